The maximum Gasteiger partial charge on any atom is 0.255 e. The Morgan fingerprint density at radius 2 is 1.74 bits per heavy atom. The van der Waals surface area contributed by atoms with Crippen LogP contribution in [0, 0.1) is 5.92 Å². The second kappa shape index (κ2) is 7.79. The van der Waals surface area contributed by atoms with E-state index in [2.05, 4.69) is 10.0 Å². The molecule has 0 bridgehead atoms. The predicted molar refractivity (Wildman–Crippen MR) is 90.2 cm³/mol. The summed E-state index contributed by atoms with van der Waals surface area (Å²) in [6, 6.07) is 3.98. The van der Waals surface area contributed by atoms with Gasteiger partial charge in [-0.25, -0.2) is 13.1 Å². The molecule has 130 valence electrons. The number of sulfonamides is 1. The first-order valence-corrected chi connectivity index (χ1v) is 9.08. The van der Waals surface area contributed by atoms with E-state index in [0.717, 1.165) is 0 Å². The summed E-state index contributed by atoms with van der Waals surface area (Å²) in [7, 11) is -2.26. The predicted octanol–water partition coefficient (Wildman–Crippen LogP) is 2.16. The van der Waals surface area contributed by atoms with Crippen LogP contribution in [0.5, 0.6) is 5.75 Å². The molecule has 0 fully saturated rings. The van der Waals surface area contributed by atoms with Crippen LogP contribution in [0.25, 0.3) is 0 Å². The topological polar surface area (TPSA) is 84.5 Å². The van der Waals surface area contributed by atoms with Crippen molar-refractivity contribution < 1.29 is 17.9 Å². The van der Waals surface area contributed by atoms with Gasteiger partial charge in [-0.05, 0) is 44.9 Å². The van der Waals surface area contributed by atoms with Crippen molar-refractivity contribution >= 4 is 15.9 Å². The van der Waals surface area contributed by atoms with Crippen molar-refractivity contribution in [2.75, 3.05) is 7.11 Å². The number of benzene rings is 1. The van der Waals surface area contributed by atoms with Gasteiger partial charge in [-0.2, -0.15) is 0 Å². The van der Waals surface area contributed by atoms with Gasteiger partial charge in [0.15, 0.2) is 0 Å². The SMILES string of the molecule is COc1ccc(S(=O)(=O)N[C@H](C)C(C)C)cc1C(=O)NC(C)C. The van der Waals surface area contributed by atoms with E-state index < -0.39 is 10.0 Å². The Kier molecular flexibility index (Phi) is 6.58. The number of hydrogen-bond acceptors (Lipinski definition) is 4. The Morgan fingerprint density at radius 1 is 1.13 bits per heavy atom. The van der Waals surface area contributed by atoms with Crippen LogP contribution in [0.1, 0.15) is 45.0 Å². The highest BCUT2D eigenvalue weighted by atomic mass is 32.2. The normalized spacial score (nSPS) is 13.2. The number of carbonyl (C=O) groups is 1. The van der Waals surface area contributed by atoms with Crippen LogP contribution in [0.15, 0.2) is 23.1 Å². The molecule has 2 N–H and O–H groups in total. The number of ether oxygens (including phenoxy) is 1. The maximum absolute atomic E-state index is 12.5. The van der Waals surface area contributed by atoms with Gasteiger partial charge in [0.2, 0.25) is 10.0 Å². The zero-order valence-electron chi connectivity index (χ0n) is 14.5. The van der Waals surface area contributed by atoms with Crippen LogP contribution in [-0.4, -0.2) is 33.5 Å². The average Bonchev–Trinajstić information content (AvgIpc) is 2.45. The standard InChI is InChI=1S/C16H26N2O4S/c1-10(2)12(5)18-23(20,21)13-7-8-15(22-6)14(9-13)16(19)17-11(3)4/h7-12,18H,1-6H3,(H,17,19)/t12-/m1/s1. The van der Waals surface area contributed by atoms with E-state index >= 15 is 0 Å². The molecule has 0 saturated carbocycles. The molecule has 6 nitrogen and oxygen atoms in total. The second-order valence-electron chi connectivity index (χ2n) is 6.14. The Morgan fingerprint density at radius 3 is 2.22 bits per heavy atom. The Balaban J connectivity index is 3.21. The fourth-order valence-electron chi connectivity index (χ4n) is 1.82. The number of nitrogens with one attached hydrogen (secondary N) is 2. The number of rotatable bonds is 7. The number of carbonyl (C=O) groups excluding carboxylic acids is 1. The minimum Gasteiger partial charge on any atom is -0.496 e. The molecule has 1 atom stereocenters. The highest BCUT2D eigenvalue weighted by Gasteiger charge is 2.22. The van der Waals surface area contributed by atoms with E-state index in [1.807, 2.05) is 27.7 Å². The zero-order chi connectivity index (χ0) is 17.8. The van der Waals surface area contributed by atoms with Crippen LogP contribution in [0.2, 0.25) is 0 Å². The van der Waals surface area contributed by atoms with Crippen LogP contribution in [-0.2, 0) is 10.0 Å². The summed E-state index contributed by atoms with van der Waals surface area (Å²) in [6.07, 6.45) is 0. The fourth-order valence-corrected chi connectivity index (χ4v) is 3.24. The first-order valence-electron chi connectivity index (χ1n) is 7.59. The molecular formula is C16H26N2O4S. The van der Waals surface area contributed by atoms with Gasteiger partial charge in [0.1, 0.15) is 5.75 Å². The molecule has 0 spiro atoms. The number of methoxy groups -OCH3 is 1. The highest BCUT2D eigenvalue weighted by molar-refractivity contribution is 7.89. The molecule has 1 rings (SSSR count). The van der Waals surface area contributed by atoms with Gasteiger partial charge < -0.3 is 10.1 Å². The lowest BCUT2D eigenvalue weighted by molar-refractivity contribution is 0.0940. The molecule has 0 aromatic heterocycles. The summed E-state index contributed by atoms with van der Waals surface area (Å²) >= 11 is 0. The van der Waals surface area contributed by atoms with Crippen molar-refractivity contribution in [3.8, 4) is 5.75 Å². The van der Waals surface area contributed by atoms with E-state index in [1.165, 1.54) is 25.3 Å². The van der Waals surface area contributed by atoms with E-state index in [-0.39, 0.29) is 34.4 Å². The molecule has 0 radical (unpaired) electrons. The zero-order valence-corrected chi connectivity index (χ0v) is 15.3. The van der Waals surface area contributed by atoms with Crippen molar-refractivity contribution in [2.24, 2.45) is 5.92 Å². The van der Waals surface area contributed by atoms with E-state index in [0.29, 0.717) is 5.75 Å². The summed E-state index contributed by atoms with van der Waals surface area (Å²) in [5.74, 6) is 0.122. The van der Waals surface area contributed by atoms with Crippen LogP contribution >= 0.6 is 0 Å². The van der Waals surface area contributed by atoms with Crippen LogP contribution in [0.3, 0.4) is 0 Å². The summed E-state index contributed by atoms with van der Waals surface area (Å²) < 4.78 is 32.7. The number of hydrogen-bond donors (Lipinski definition) is 2. The highest BCUT2D eigenvalue weighted by Crippen LogP contribution is 2.23. The molecule has 0 aliphatic carbocycles. The quantitative estimate of drug-likeness (QED) is 0.795. The van der Waals surface area contributed by atoms with E-state index in [9.17, 15) is 13.2 Å². The maximum atomic E-state index is 12.5. The fraction of sp³-hybridized carbons (Fsp3) is 0.562. The molecule has 0 unspecified atom stereocenters. The minimum absolute atomic E-state index is 0.0414. The third kappa shape index (κ3) is 5.21. The molecule has 1 aromatic carbocycles. The molecule has 7 heteroatoms. The number of amides is 1. The Bertz CT molecular complexity index is 654. The monoisotopic (exact) mass is 342 g/mol. The third-order valence-corrected chi connectivity index (χ3v) is 5.04. The molecule has 1 aromatic rings. The summed E-state index contributed by atoms with van der Waals surface area (Å²) in [5, 5.41) is 2.74. The van der Waals surface area contributed by atoms with Gasteiger partial charge in [0.25, 0.3) is 5.91 Å². The van der Waals surface area contributed by atoms with Crippen molar-refractivity contribution in [3.63, 3.8) is 0 Å². The smallest absolute Gasteiger partial charge is 0.255 e. The molecule has 0 saturated heterocycles. The van der Waals surface area contributed by atoms with Crippen molar-refractivity contribution in [1.29, 1.82) is 0 Å². The van der Waals surface area contributed by atoms with Crippen molar-refractivity contribution in [1.82, 2.24) is 10.0 Å². The molecule has 23 heavy (non-hydrogen) atoms. The van der Waals surface area contributed by atoms with Gasteiger partial charge in [0, 0.05) is 12.1 Å². The Labute approximate surface area is 138 Å². The minimum atomic E-state index is -3.70. The van der Waals surface area contributed by atoms with E-state index in [1.54, 1.807) is 6.92 Å². The summed E-state index contributed by atoms with van der Waals surface area (Å²) in [4.78, 5) is 12.3. The van der Waals surface area contributed by atoms with Crippen molar-refractivity contribution in [2.45, 2.75) is 51.6 Å². The molecule has 0 aliphatic rings. The van der Waals surface area contributed by atoms with Crippen molar-refractivity contribution in [3.05, 3.63) is 23.8 Å². The van der Waals surface area contributed by atoms with Gasteiger partial charge >= 0.3 is 0 Å². The first-order chi connectivity index (χ1) is 10.6. The lowest BCUT2D eigenvalue weighted by Gasteiger charge is -2.18. The van der Waals surface area contributed by atoms with Gasteiger partial charge in [-0.3, -0.25) is 4.79 Å². The third-order valence-electron chi connectivity index (χ3n) is 3.49. The molecule has 1 amide bonds. The molecular weight excluding hydrogens is 316 g/mol. The molecule has 0 aliphatic heterocycles. The van der Waals surface area contributed by atoms with Gasteiger partial charge in [-0.1, -0.05) is 13.8 Å². The summed E-state index contributed by atoms with van der Waals surface area (Å²) in [6.45, 7) is 9.33. The first kappa shape index (κ1) is 19.4. The largest absolute Gasteiger partial charge is 0.496 e. The van der Waals surface area contributed by atoms with Crippen LogP contribution < -0.4 is 14.8 Å². The summed E-state index contributed by atoms with van der Waals surface area (Å²) in [5.41, 5.74) is 0.196. The van der Waals surface area contributed by atoms with Gasteiger partial charge in [-0.15, -0.1) is 0 Å². The van der Waals surface area contributed by atoms with Gasteiger partial charge in [0.05, 0.1) is 17.6 Å². The molecule has 0 heterocycles. The average molecular weight is 342 g/mol. The lowest BCUT2D eigenvalue weighted by atomic mass is 10.1. The second-order valence-corrected chi connectivity index (χ2v) is 7.86. The Hall–Kier alpha value is -1.60. The van der Waals surface area contributed by atoms with Crippen LogP contribution in [0.4, 0.5) is 0 Å². The van der Waals surface area contributed by atoms with E-state index in [4.69, 9.17) is 4.74 Å². The lowest BCUT2D eigenvalue weighted by Crippen LogP contribution is -2.36.